The molecule has 0 radical (unpaired) electrons. The highest BCUT2D eigenvalue weighted by Gasteiger charge is 2.09. The summed E-state index contributed by atoms with van der Waals surface area (Å²) in [5, 5.41) is 9.64. The van der Waals surface area contributed by atoms with Gasteiger partial charge in [0.2, 0.25) is 0 Å². The summed E-state index contributed by atoms with van der Waals surface area (Å²) in [5.74, 6) is 0.0162. The van der Waals surface area contributed by atoms with Crippen LogP contribution in [-0.4, -0.2) is 30.4 Å². The van der Waals surface area contributed by atoms with E-state index in [1.54, 1.807) is 0 Å². The van der Waals surface area contributed by atoms with Crippen molar-refractivity contribution in [3.8, 4) is 5.75 Å². The van der Waals surface area contributed by atoms with E-state index in [0.29, 0.717) is 5.75 Å². The van der Waals surface area contributed by atoms with Gasteiger partial charge in [-0.15, -0.1) is 0 Å². The van der Waals surface area contributed by atoms with E-state index in [0.717, 1.165) is 12.8 Å². The molecule has 1 aromatic carbocycles. The predicted octanol–water partition coefficient (Wildman–Crippen LogP) is 2.43. The van der Waals surface area contributed by atoms with Crippen molar-refractivity contribution in [1.82, 2.24) is 0 Å². The van der Waals surface area contributed by atoms with Gasteiger partial charge in [0.25, 0.3) is 0 Å². The first kappa shape index (κ1) is 17.2. The van der Waals surface area contributed by atoms with E-state index in [4.69, 9.17) is 4.74 Å². The van der Waals surface area contributed by atoms with Gasteiger partial charge in [0.15, 0.2) is 0 Å². The number of hydrogen-bond acceptors (Lipinski definition) is 5. The van der Waals surface area contributed by atoms with Crippen molar-refractivity contribution in [3.63, 3.8) is 0 Å². The Labute approximate surface area is 125 Å². The topological polar surface area (TPSA) is 65.0 Å². The Kier molecular flexibility index (Phi) is 7.50. The minimum absolute atomic E-state index is 0.0533. The second-order valence-corrected chi connectivity index (χ2v) is 4.79. The van der Waals surface area contributed by atoms with Crippen LogP contribution in [0.15, 0.2) is 36.4 Å². The zero-order valence-electron chi connectivity index (χ0n) is 12.5. The second kappa shape index (κ2) is 9.15. The molecule has 21 heavy (non-hydrogen) atoms. The monoisotopic (exact) mass is 294 g/mol. The fourth-order valence-corrected chi connectivity index (χ4v) is 1.52. The van der Waals surface area contributed by atoms with Gasteiger partial charge >= 0.3 is 5.97 Å². The smallest absolute Gasteiger partial charge is 0.368 e. The molecule has 1 atom stereocenters. The first-order chi connectivity index (χ1) is 10.0. The number of aliphatic hydroxyl groups excluding tert-OH is 1. The molecule has 0 heterocycles. The van der Waals surface area contributed by atoms with Crippen LogP contribution in [0.2, 0.25) is 0 Å². The Balaban J connectivity index is 2.24. The van der Waals surface area contributed by atoms with Gasteiger partial charge in [-0.05, 0) is 31.0 Å². The van der Waals surface area contributed by atoms with Gasteiger partial charge in [-0.1, -0.05) is 32.1 Å². The molecule has 1 aromatic rings. The molecule has 0 aliphatic rings. The van der Waals surface area contributed by atoms with Gasteiger partial charge in [0.05, 0.1) is 0 Å². The molecule has 1 rings (SSSR count). The second-order valence-electron chi connectivity index (χ2n) is 4.79. The molecular formula is C16H22O5. The number of benzene rings is 1. The third-order valence-electron chi connectivity index (χ3n) is 2.65. The van der Waals surface area contributed by atoms with Crippen molar-refractivity contribution in [2.24, 2.45) is 0 Å². The lowest BCUT2D eigenvalue weighted by Crippen LogP contribution is -2.24. The summed E-state index contributed by atoms with van der Waals surface area (Å²) in [5.41, 5.74) is 1.48. The summed E-state index contributed by atoms with van der Waals surface area (Å²) >= 11 is 0. The van der Waals surface area contributed by atoms with E-state index in [2.05, 4.69) is 23.3 Å². The van der Waals surface area contributed by atoms with Gasteiger partial charge in [0, 0.05) is 5.57 Å². The normalized spacial score (nSPS) is 11.8. The number of aryl methyl sites for hydroxylation is 1. The molecule has 5 nitrogen and oxygen atoms in total. The van der Waals surface area contributed by atoms with Gasteiger partial charge in [-0.2, -0.15) is 4.89 Å². The summed E-state index contributed by atoms with van der Waals surface area (Å²) in [4.78, 5) is 20.1. The zero-order chi connectivity index (χ0) is 15.7. The highest BCUT2D eigenvalue weighted by Crippen LogP contribution is 2.13. The van der Waals surface area contributed by atoms with Crippen molar-refractivity contribution in [1.29, 1.82) is 0 Å². The maximum absolute atomic E-state index is 11.0. The molecule has 0 aliphatic heterocycles. The van der Waals surface area contributed by atoms with Crippen LogP contribution in [0.3, 0.4) is 0 Å². The number of carbonyl (C=O) groups excluding carboxylic acids is 1. The third-order valence-corrected chi connectivity index (χ3v) is 2.65. The predicted molar refractivity (Wildman–Crippen MR) is 78.8 cm³/mol. The van der Waals surface area contributed by atoms with Crippen molar-refractivity contribution in [2.75, 3.05) is 13.2 Å². The van der Waals surface area contributed by atoms with E-state index in [1.807, 2.05) is 24.3 Å². The molecule has 0 fully saturated rings. The molecule has 0 saturated carbocycles. The first-order valence-electron chi connectivity index (χ1n) is 6.92. The van der Waals surface area contributed by atoms with Gasteiger partial charge in [0.1, 0.15) is 25.1 Å². The summed E-state index contributed by atoms with van der Waals surface area (Å²) in [6.07, 6.45) is 1.24. The summed E-state index contributed by atoms with van der Waals surface area (Å²) < 4.78 is 5.42. The van der Waals surface area contributed by atoms with Crippen LogP contribution >= 0.6 is 0 Å². The Morgan fingerprint density at radius 1 is 1.29 bits per heavy atom. The summed E-state index contributed by atoms with van der Waals surface area (Å²) in [6, 6.07) is 7.71. The highest BCUT2D eigenvalue weighted by atomic mass is 17.2. The van der Waals surface area contributed by atoms with Crippen LogP contribution < -0.4 is 4.74 Å². The fourth-order valence-electron chi connectivity index (χ4n) is 1.52. The molecular weight excluding hydrogens is 272 g/mol. The van der Waals surface area contributed by atoms with E-state index in [9.17, 15) is 9.90 Å². The van der Waals surface area contributed by atoms with Crippen molar-refractivity contribution < 1.29 is 24.4 Å². The quantitative estimate of drug-likeness (QED) is 0.430. The van der Waals surface area contributed by atoms with Crippen LogP contribution in [0, 0.1) is 0 Å². The van der Waals surface area contributed by atoms with E-state index in [1.165, 1.54) is 12.5 Å². The van der Waals surface area contributed by atoms with Crippen LogP contribution in [-0.2, 0) is 21.0 Å². The van der Waals surface area contributed by atoms with Gasteiger partial charge in [-0.25, -0.2) is 4.79 Å². The average Bonchev–Trinajstić information content (AvgIpc) is 2.46. The molecule has 0 bridgehead atoms. The van der Waals surface area contributed by atoms with Crippen molar-refractivity contribution in [2.45, 2.75) is 32.8 Å². The molecule has 1 N–H and O–H groups in total. The number of ether oxygens (including phenoxy) is 1. The lowest BCUT2D eigenvalue weighted by atomic mass is 10.1. The standard InChI is InChI=1S/C16H22O5/c1-4-5-13-6-8-15(9-7-13)19-10-14(17)11-20-21-16(18)12(2)3/h6-9,14,17H,2,4-5,10-11H2,1,3H3. The molecule has 5 heteroatoms. The number of hydrogen-bond donors (Lipinski definition) is 1. The fraction of sp³-hybridized carbons (Fsp3) is 0.438. The average molecular weight is 294 g/mol. The summed E-state index contributed by atoms with van der Waals surface area (Å²) in [6.45, 7) is 6.93. The van der Waals surface area contributed by atoms with Crippen LogP contribution in [0.5, 0.6) is 5.75 Å². The van der Waals surface area contributed by atoms with Crippen LogP contribution in [0.25, 0.3) is 0 Å². The largest absolute Gasteiger partial charge is 0.491 e. The van der Waals surface area contributed by atoms with Crippen molar-refractivity contribution in [3.05, 3.63) is 42.0 Å². The molecule has 1 unspecified atom stereocenters. The Morgan fingerprint density at radius 2 is 1.95 bits per heavy atom. The lowest BCUT2D eigenvalue weighted by Gasteiger charge is -2.12. The molecule has 0 saturated heterocycles. The van der Waals surface area contributed by atoms with Crippen LogP contribution in [0.1, 0.15) is 25.8 Å². The lowest BCUT2D eigenvalue weighted by molar-refractivity contribution is -0.278. The molecule has 116 valence electrons. The van der Waals surface area contributed by atoms with Crippen LogP contribution in [0.4, 0.5) is 0 Å². The Bertz CT molecular complexity index is 452. The Hall–Kier alpha value is -1.85. The molecule has 0 aliphatic carbocycles. The number of rotatable bonds is 9. The van der Waals surface area contributed by atoms with E-state index >= 15 is 0 Å². The molecule has 0 amide bonds. The third kappa shape index (κ3) is 6.92. The molecule has 0 aromatic heterocycles. The summed E-state index contributed by atoms with van der Waals surface area (Å²) in [7, 11) is 0. The van der Waals surface area contributed by atoms with E-state index < -0.39 is 12.1 Å². The maximum atomic E-state index is 11.0. The minimum atomic E-state index is -0.891. The highest BCUT2D eigenvalue weighted by molar-refractivity contribution is 5.86. The zero-order valence-corrected chi connectivity index (χ0v) is 12.5. The van der Waals surface area contributed by atoms with Crippen molar-refractivity contribution >= 4 is 5.97 Å². The van der Waals surface area contributed by atoms with Gasteiger partial charge in [-0.3, -0.25) is 4.89 Å². The SMILES string of the molecule is C=C(C)C(=O)OOCC(O)COc1ccc(CCC)cc1. The van der Waals surface area contributed by atoms with Gasteiger partial charge < -0.3 is 9.84 Å². The first-order valence-corrected chi connectivity index (χ1v) is 6.92. The number of aliphatic hydroxyl groups is 1. The number of carbonyl (C=O) groups is 1. The van der Waals surface area contributed by atoms with E-state index in [-0.39, 0.29) is 18.8 Å². The Morgan fingerprint density at radius 3 is 2.52 bits per heavy atom. The molecule has 0 spiro atoms. The minimum Gasteiger partial charge on any atom is -0.491 e. The maximum Gasteiger partial charge on any atom is 0.368 e.